The van der Waals surface area contributed by atoms with Crippen molar-refractivity contribution in [3.05, 3.63) is 35.9 Å². The van der Waals surface area contributed by atoms with Crippen LogP contribution in [0.25, 0.3) is 0 Å². The van der Waals surface area contributed by atoms with Gasteiger partial charge in [0.25, 0.3) is 0 Å². The topological polar surface area (TPSA) is 12.0 Å². The molecule has 0 aliphatic heterocycles. The third-order valence-electron chi connectivity index (χ3n) is 2.87. The van der Waals surface area contributed by atoms with Crippen LogP contribution in [0.15, 0.2) is 30.3 Å². The zero-order valence-electron chi connectivity index (χ0n) is 8.30. The van der Waals surface area contributed by atoms with E-state index in [1.165, 1.54) is 18.4 Å². The summed E-state index contributed by atoms with van der Waals surface area (Å²) in [5, 5.41) is 3.54. The molecule has 0 spiro atoms. The average molecular weight is 210 g/mol. The molecular weight excluding hydrogens is 194 g/mol. The van der Waals surface area contributed by atoms with Gasteiger partial charge in [0.15, 0.2) is 0 Å². The molecule has 0 atom stereocenters. The Morgan fingerprint density at radius 3 is 2.50 bits per heavy atom. The summed E-state index contributed by atoms with van der Waals surface area (Å²) in [5.74, 6) is 0.752. The highest BCUT2D eigenvalue weighted by Crippen LogP contribution is 2.36. The van der Waals surface area contributed by atoms with Gasteiger partial charge in [-0.25, -0.2) is 0 Å². The number of benzene rings is 1. The number of rotatable bonds is 5. The molecule has 76 valence electrons. The van der Waals surface area contributed by atoms with Crippen LogP contribution in [0, 0.1) is 0 Å². The summed E-state index contributed by atoms with van der Waals surface area (Å²) in [4.78, 5) is 0. The maximum absolute atomic E-state index is 5.87. The standard InChI is InChI=1S/C12H16ClN/c13-10-12(7-8-12)14-9-6-11-4-2-1-3-5-11/h1-5,14H,6-10H2. The van der Waals surface area contributed by atoms with Gasteiger partial charge in [0.2, 0.25) is 0 Å². The predicted octanol–water partition coefficient (Wildman–Crippen LogP) is 2.59. The van der Waals surface area contributed by atoms with Crippen molar-refractivity contribution < 1.29 is 0 Å². The van der Waals surface area contributed by atoms with Gasteiger partial charge < -0.3 is 5.32 Å². The fourth-order valence-electron chi connectivity index (χ4n) is 1.63. The summed E-state index contributed by atoms with van der Waals surface area (Å²) in [6.07, 6.45) is 3.58. The Balaban J connectivity index is 1.73. The molecule has 1 N–H and O–H groups in total. The van der Waals surface area contributed by atoms with Crippen molar-refractivity contribution >= 4 is 11.6 Å². The average Bonchev–Trinajstić information content (AvgIpc) is 3.00. The molecule has 0 amide bonds. The van der Waals surface area contributed by atoms with Crippen LogP contribution in [0.3, 0.4) is 0 Å². The molecule has 1 aliphatic rings. The molecule has 1 aromatic rings. The van der Waals surface area contributed by atoms with Crippen molar-refractivity contribution in [2.45, 2.75) is 24.8 Å². The predicted molar refractivity (Wildman–Crippen MR) is 60.8 cm³/mol. The summed E-state index contributed by atoms with van der Waals surface area (Å²) in [5.41, 5.74) is 1.68. The Morgan fingerprint density at radius 1 is 1.21 bits per heavy atom. The Bertz CT molecular complexity index is 280. The minimum absolute atomic E-state index is 0.288. The molecule has 0 bridgehead atoms. The highest BCUT2D eigenvalue weighted by atomic mass is 35.5. The molecule has 1 aliphatic carbocycles. The normalized spacial score (nSPS) is 18.1. The van der Waals surface area contributed by atoms with Crippen molar-refractivity contribution in [1.82, 2.24) is 5.32 Å². The number of nitrogens with one attached hydrogen (secondary N) is 1. The van der Waals surface area contributed by atoms with Crippen LogP contribution >= 0.6 is 11.6 Å². The van der Waals surface area contributed by atoms with E-state index in [1.807, 2.05) is 0 Å². The van der Waals surface area contributed by atoms with E-state index in [0.717, 1.165) is 18.8 Å². The molecule has 2 heteroatoms. The van der Waals surface area contributed by atoms with Crippen LogP contribution in [-0.2, 0) is 6.42 Å². The van der Waals surface area contributed by atoms with Crippen molar-refractivity contribution in [3.63, 3.8) is 0 Å². The summed E-state index contributed by atoms with van der Waals surface area (Å²) in [6.45, 7) is 1.04. The maximum atomic E-state index is 5.87. The van der Waals surface area contributed by atoms with Crippen LogP contribution in [0.4, 0.5) is 0 Å². The van der Waals surface area contributed by atoms with Gasteiger partial charge >= 0.3 is 0 Å². The van der Waals surface area contributed by atoms with Gasteiger partial charge in [0.05, 0.1) is 0 Å². The van der Waals surface area contributed by atoms with Crippen LogP contribution in [0.2, 0.25) is 0 Å². The molecule has 0 saturated heterocycles. The van der Waals surface area contributed by atoms with E-state index in [9.17, 15) is 0 Å². The third kappa shape index (κ3) is 2.49. The first-order valence-corrected chi connectivity index (χ1v) is 5.73. The zero-order valence-corrected chi connectivity index (χ0v) is 9.06. The Kier molecular flexibility index (Phi) is 3.09. The molecule has 2 rings (SSSR count). The first-order chi connectivity index (χ1) is 6.85. The highest BCUT2D eigenvalue weighted by Gasteiger charge is 2.40. The number of hydrogen-bond donors (Lipinski definition) is 1. The maximum Gasteiger partial charge on any atom is 0.0406 e. The Hall–Kier alpha value is -0.530. The van der Waals surface area contributed by atoms with Crippen molar-refractivity contribution in [3.8, 4) is 0 Å². The molecule has 1 fully saturated rings. The second-order valence-electron chi connectivity index (χ2n) is 4.08. The fraction of sp³-hybridized carbons (Fsp3) is 0.500. The lowest BCUT2D eigenvalue weighted by atomic mass is 10.1. The molecule has 1 aromatic carbocycles. The first kappa shape index (κ1) is 10.0. The lowest BCUT2D eigenvalue weighted by Crippen LogP contribution is -2.34. The molecule has 0 unspecified atom stereocenters. The molecule has 0 aromatic heterocycles. The van der Waals surface area contributed by atoms with Crippen molar-refractivity contribution in [2.75, 3.05) is 12.4 Å². The van der Waals surface area contributed by atoms with Crippen LogP contribution in [-0.4, -0.2) is 18.0 Å². The largest absolute Gasteiger partial charge is 0.310 e. The summed E-state index contributed by atoms with van der Waals surface area (Å²) in [7, 11) is 0. The quantitative estimate of drug-likeness (QED) is 0.736. The van der Waals surface area contributed by atoms with E-state index >= 15 is 0 Å². The van der Waals surface area contributed by atoms with Crippen molar-refractivity contribution in [1.29, 1.82) is 0 Å². The minimum atomic E-state index is 0.288. The molecule has 1 saturated carbocycles. The zero-order chi connectivity index (χ0) is 9.86. The molecule has 0 heterocycles. The van der Waals surface area contributed by atoms with E-state index in [2.05, 4.69) is 35.6 Å². The number of halogens is 1. The van der Waals surface area contributed by atoms with E-state index in [1.54, 1.807) is 0 Å². The van der Waals surface area contributed by atoms with Crippen LogP contribution in [0.1, 0.15) is 18.4 Å². The molecule has 14 heavy (non-hydrogen) atoms. The highest BCUT2D eigenvalue weighted by molar-refractivity contribution is 6.18. The molecule has 0 radical (unpaired) electrons. The SMILES string of the molecule is ClCC1(NCCc2ccccc2)CC1. The fourth-order valence-corrected chi connectivity index (χ4v) is 1.99. The van der Waals surface area contributed by atoms with Gasteiger partial charge in [-0.15, -0.1) is 11.6 Å². The smallest absolute Gasteiger partial charge is 0.0406 e. The van der Waals surface area contributed by atoms with E-state index in [-0.39, 0.29) is 5.54 Å². The van der Waals surface area contributed by atoms with Gasteiger partial charge in [0, 0.05) is 11.4 Å². The van der Waals surface area contributed by atoms with Crippen LogP contribution in [0.5, 0.6) is 0 Å². The lowest BCUT2D eigenvalue weighted by molar-refractivity contribution is 0.546. The monoisotopic (exact) mass is 209 g/mol. The van der Waals surface area contributed by atoms with Gasteiger partial charge in [0.1, 0.15) is 0 Å². The van der Waals surface area contributed by atoms with Gasteiger partial charge in [-0.05, 0) is 31.4 Å². The summed E-state index contributed by atoms with van der Waals surface area (Å²) >= 11 is 5.87. The lowest BCUT2D eigenvalue weighted by Gasteiger charge is -2.13. The second kappa shape index (κ2) is 4.33. The van der Waals surface area contributed by atoms with Gasteiger partial charge in [-0.2, -0.15) is 0 Å². The van der Waals surface area contributed by atoms with E-state index < -0.39 is 0 Å². The Labute approximate surface area is 90.5 Å². The van der Waals surface area contributed by atoms with Crippen LogP contribution < -0.4 is 5.32 Å². The minimum Gasteiger partial charge on any atom is -0.310 e. The van der Waals surface area contributed by atoms with Crippen molar-refractivity contribution in [2.24, 2.45) is 0 Å². The molecule has 1 nitrogen and oxygen atoms in total. The molecular formula is C12H16ClN. The van der Waals surface area contributed by atoms with E-state index in [0.29, 0.717) is 0 Å². The summed E-state index contributed by atoms with van der Waals surface area (Å²) < 4.78 is 0. The Morgan fingerprint density at radius 2 is 1.93 bits per heavy atom. The second-order valence-corrected chi connectivity index (χ2v) is 4.34. The number of hydrogen-bond acceptors (Lipinski definition) is 1. The van der Waals surface area contributed by atoms with E-state index in [4.69, 9.17) is 11.6 Å². The first-order valence-electron chi connectivity index (χ1n) is 5.20. The summed E-state index contributed by atoms with van der Waals surface area (Å²) in [6, 6.07) is 10.6. The number of alkyl halides is 1. The third-order valence-corrected chi connectivity index (χ3v) is 3.38. The van der Waals surface area contributed by atoms with Gasteiger partial charge in [-0.3, -0.25) is 0 Å². The van der Waals surface area contributed by atoms with Gasteiger partial charge in [-0.1, -0.05) is 30.3 Å².